The molecule has 0 unspecified atom stereocenters. The van der Waals surface area contributed by atoms with E-state index in [2.05, 4.69) is 38.8 Å². The smallest absolute Gasteiger partial charge is 0.407 e. The summed E-state index contributed by atoms with van der Waals surface area (Å²) in [5.41, 5.74) is 0.541. The molecule has 28 nitrogen and oxygen atoms in total. The number of aliphatic hydroxyl groups is 7. The highest BCUT2D eigenvalue weighted by Crippen LogP contribution is 2.28. The molecular weight excluding hydrogens is 1170 g/mol. The predicted octanol–water partition coefficient (Wildman–Crippen LogP) is -0.729. The van der Waals surface area contributed by atoms with E-state index in [1.807, 2.05) is 0 Å². The van der Waals surface area contributed by atoms with Crippen LogP contribution in [0.4, 0.5) is 4.79 Å². The number of hydrogen-bond acceptors (Lipinski definition) is 20. The number of ether oxygens (including phenoxy) is 3. The Morgan fingerprint density at radius 1 is 0.733 bits per heavy atom. The Morgan fingerprint density at radius 3 is 2.12 bits per heavy atom. The van der Waals surface area contributed by atoms with Gasteiger partial charge in [0.2, 0.25) is 35.4 Å². The molecule has 0 aromatic heterocycles. The topological polar surface area (TPSA) is 429 Å². The van der Waals surface area contributed by atoms with Gasteiger partial charge in [-0.1, -0.05) is 87.2 Å². The summed E-state index contributed by atoms with van der Waals surface area (Å²) in [5.74, 6) is -8.37. The lowest BCUT2D eigenvalue weighted by molar-refractivity contribution is -0.149. The third-order valence-electron chi connectivity index (χ3n) is 15.8. The Bertz CT molecular complexity index is 3170. The Morgan fingerprint density at radius 2 is 1.41 bits per heavy atom. The summed E-state index contributed by atoms with van der Waals surface area (Å²) in [6.07, 6.45) is -14.0. The molecule has 4 aromatic rings. The van der Waals surface area contributed by atoms with Crippen molar-refractivity contribution in [1.29, 1.82) is 5.26 Å². The van der Waals surface area contributed by atoms with Gasteiger partial charge < -0.3 is 96.8 Å². The lowest BCUT2D eigenvalue weighted by Gasteiger charge is -2.34. The van der Waals surface area contributed by atoms with Crippen LogP contribution in [0.25, 0.3) is 10.8 Å². The van der Waals surface area contributed by atoms with Crippen molar-refractivity contribution in [2.45, 2.75) is 163 Å². The zero-order valence-corrected chi connectivity index (χ0v) is 49.8. The summed E-state index contributed by atoms with van der Waals surface area (Å²) in [6, 6.07) is 12.6. The van der Waals surface area contributed by atoms with Gasteiger partial charge in [0.05, 0.1) is 50.1 Å². The van der Waals surface area contributed by atoms with Gasteiger partial charge in [-0.05, 0) is 78.1 Å². The van der Waals surface area contributed by atoms with Crippen molar-refractivity contribution in [1.82, 2.24) is 41.7 Å². The van der Waals surface area contributed by atoms with Crippen LogP contribution in [0.3, 0.4) is 0 Å². The van der Waals surface area contributed by atoms with Crippen molar-refractivity contribution in [3.8, 4) is 17.6 Å². The van der Waals surface area contributed by atoms with Crippen LogP contribution in [0.2, 0.25) is 0 Å². The fourth-order valence-electron chi connectivity index (χ4n) is 10.8. The van der Waals surface area contributed by atoms with E-state index in [1.165, 1.54) is 24.3 Å². The van der Waals surface area contributed by atoms with E-state index in [-0.39, 0.29) is 36.4 Å². The quantitative estimate of drug-likeness (QED) is 0.0457. The first-order valence-corrected chi connectivity index (χ1v) is 29.9. The molecule has 8 amide bonds. The number of aliphatic hydroxyl groups excluding tert-OH is 7. The van der Waals surface area contributed by atoms with Crippen LogP contribution < -0.4 is 36.6 Å². The number of benzene rings is 4. The number of nitriles is 1. The first-order chi connectivity index (χ1) is 43.1. The molecule has 3 heterocycles. The lowest BCUT2D eigenvalue weighted by atomic mass is 9.96. The molecule has 0 aliphatic carbocycles. The lowest BCUT2D eigenvalue weighted by Crippen LogP contribution is -2.64. The monoisotopic (exact) mass is 1250 g/mol. The summed E-state index contributed by atoms with van der Waals surface area (Å²) in [4.78, 5) is 117. The largest absolute Gasteiger partial charge is 0.508 e. The average Bonchev–Trinajstić information content (AvgIpc) is 1.82. The SMILES string of the molecule is CCCCCCCOc1ccc2cc(C(=O)N[C@H]3C[C@H](O)[C@@H](OCCNC(=O)OCc4ccccc4)NC(=O)[C@@H]4[C@@H](O)CCN4C(=O)[C@H]([C@H](O)CC#N)NC(=O)[C@H]([C@H](O)[C@@H](O)c4ccc(O)cc4)NC(=O)[C@@H]4C[C@@H](O)CN4C(=O)[C@H]([C@@H](C)O)NC3=O)ccc2c1. The van der Waals surface area contributed by atoms with Gasteiger partial charge >= 0.3 is 6.09 Å². The molecule has 90 heavy (non-hydrogen) atoms. The van der Waals surface area contributed by atoms with Crippen LogP contribution in [0.5, 0.6) is 11.5 Å². The Labute approximate surface area is 518 Å². The van der Waals surface area contributed by atoms with Crippen LogP contribution in [0.1, 0.15) is 99.2 Å². The molecule has 3 aliphatic heterocycles. The second kappa shape index (κ2) is 32.8. The number of carbonyl (C=O) groups excluding carboxylic acids is 8. The first-order valence-electron chi connectivity index (χ1n) is 29.9. The highest BCUT2D eigenvalue weighted by Gasteiger charge is 2.49. The summed E-state index contributed by atoms with van der Waals surface area (Å²) in [7, 11) is 0. The minimum absolute atomic E-state index is 0.00344. The third kappa shape index (κ3) is 18.3. The van der Waals surface area contributed by atoms with Crippen molar-refractivity contribution < 1.29 is 93.4 Å². The fourth-order valence-corrected chi connectivity index (χ4v) is 10.8. The number of nitrogens with zero attached hydrogens (tertiary/aromatic N) is 3. The average molecular weight is 1250 g/mol. The maximum Gasteiger partial charge on any atom is 0.407 e. The number of hydrogen-bond donors (Lipinski definition) is 14. The van der Waals surface area contributed by atoms with Gasteiger partial charge in [0, 0.05) is 38.0 Å². The molecule has 4 aromatic carbocycles. The molecule has 7 rings (SSSR count). The highest BCUT2D eigenvalue weighted by molar-refractivity contribution is 6.02. The number of aromatic hydroxyl groups is 1. The standard InChI is InChI=1S/C62H79N9O19/c1-3-4-5-6-10-26-88-42-20-17-37-28-39(14-13-38(37)29-42)54(80)65-43-31-47(77)59(89-27-24-64-62(87)90-33-35-11-8-7-9-12-35)69-58(84)51-46(76)22-25-70(51)61(86)49(45(75)21-23-63)67-57(83)50(53(79)52(78)36-15-18-40(73)19-16-36)68-56(82)44-30-41(74)32-71(44)60(85)48(34(2)72)66-55(43)81/h7-9,11-20,28-29,34,41,43-53,59,72-79H,3-6,10,21-22,24-27,30-33H2,1-2H3,(H,64,87)(H,65,80)(H,66,81)(H,67,83)(H,68,82)(H,69,84)/t34-,41-,43+,44+,45-,46+,47+,48+,49+,50+,51+,52+,53+,59-/m1/s1. The number of unbranched alkanes of at least 4 members (excludes halogenated alkanes) is 4. The maximum atomic E-state index is 14.8. The van der Waals surface area contributed by atoms with Crippen LogP contribution in [0.15, 0.2) is 91.0 Å². The third-order valence-corrected chi connectivity index (χ3v) is 15.8. The molecule has 0 radical (unpaired) electrons. The van der Waals surface area contributed by atoms with E-state index < -0.39 is 172 Å². The van der Waals surface area contributed by atoms with E-state index in [4.69, 9.17) is 14.2 Å². The van der Waals surface area contributed by atoms with Gasteiger partial charge in [-0.15, -0.1) is 0 Å². The normalized spacial score (nSPS) is 25.2. The Balaban J connectivity index is 1.26. The number of phenolic OH excluding ortho intramolecular Hbond substituents is 1. The van der Waals surface area contributed by atoms with Gasteiger partial charge in [-0.25, -0.2) is 4.79 Å². The van der Waals surface area contributed by atoms with Gasteiger partial charge in [0.25, 0.3) is 5.91 Å². The summed E-state index contributed by atoms with van der Waals surface area (Å²) >= 11 is 0. The highest BCUT2D eigenvalue weighted by atomic mass is 16.6. The van der Waals surface area contributed by atoms with Gasteiger partial charge in [0.1, 0.15) is 72.7 Å². The second-order valence-electron chi connectivity index (χ2n) is 22.5. The van der Waals surface area contributed by atoms with Gasteiger partial charge in [0.15, 0.2) is 6.23 Å². The number of alkyl carbamates (subject to hydrolysis) is 1. The Hall–Kier alpha value is -8.53. The minimum Gasteiger partial charge on any atom is -0.508 e. The van der Waals surface area contributed by atoms with Crippen LogP contribution >= 0.6 is 0 Å². The van der Waals surface area contributed by atoms with Crippen molar-refractivity contribution in [3.05, 3.63) is 108 Å². The number of rotatable bonds is 21. The van der Waals surface area contributed by atoms with Crippen LogP contribution in [-0.4, -0.2) is 210 Å². The summed E-state index contributed by atoms with van der Waals surface area (Å²) < 4.78 is 17.2. The number of amides is 8. The number of phenols is 1. The van der Waals surface area contributed by atoms with E-state index in [0.717, 1.165) is 61.0 Å². The number of fused-ring (bicyclic) bond motifs is 3. The molecule has 14 N–H and O–H groups in total. The van der Waals surface area contributed by atoms with E-state index in [1.54, 1.807) is 60.7 Å². The maximum absolute atomic E-state index is 14.8. The fraction of sp³-hybridized carbons (Fsp3) is 0.500. The van der Waals surface area contributed by atoms with E-state index in [0.29, 0.717) is 28.7 Å². The molecule has 28 heteroatoms. The zero-order valence-electron chi connectivity index (χ0n) is 49.8. The van der Waals surface area contributed by atoms with E-state index >= 15 is 0 Å². The molecule has 3 saturated heterocycles. The summed E-state index contributed by atoms with van der Waals surface area (Å²) in [5, 5.41) is 116. The van der Waals surface area contributed by atoms with Crippen LogP contribution in [0, 0.1) is 11.3 Å². The van der Waals surface area contributed by atoms with Crippen LogP contribution in [-0.2, 0) is 44.8 Å². The van der Waals surface area contributed by atoms with Crippen molar-refractivity contribution in [3.63, 3.8) is 0 Å². The molecule has 3 fully saturated rings. The number of nitrogens with one attached hydrogen (secondary N) is 6. The van der Waals surface area contributed by atoms with Crippen molar-refractivity contribution in [2.75, 3.05) is 32.8 Å². The molecule has 3 aliphatic rings. The van der Waals surface area contributed by atoms with Gasteiger partial charge in [-0.3, -0.25) is 33.6 Å². The predicted molar refractivity (Wildman–Crippen MR) is 318 cm³/mol. The first kappa shape index (κ1) is 69.0. The Kier molecular flexibility index (Phi) is 25.1. The summed E-state index contributed by atoms with van der Waals surface area (Å²) in [6.45, 7) is 1.65. The zero-order chi connectivity index (χ0) is 65.2. The molecule has 486 valence electrons. The van der Waals surface area contributed by atoms with E-state index in [9.17, 15) is 84.5 Å². The molecule has 0 saturated carbocycles. The second-order valence-corrected chi connectivity index (χ2v) is 22.5. The molecular formula is C62H79N9O19. The molecule has 0 bridgehead atoms. The molecule has 14 atom stereocenters. The van der Waals surface area contributed by atoms with Gasteiger partial charge in [-0.2, -0.15) is 5.26 Å². The van der Waals surface area contributed by atoms with Crippen molar-refractivity contribution in [2.24, 2.45) is 0 Å². The minimum atomic E-state index is -2.38. The van der Waals surface area contributed by atoms with Crippen molar-refractivity contribution >= 4 is 58.2 Å². The number of carbonyl (C=O) groups is 8. The molecule has 0 spiro atoms.